The zero-order valence-electron chi connectivity index (χ0n) is 17.5. The SMILES string of the molecule is COc1ccc(-c2nc3sc4c(Br)c(O)ccc4c3c(=O)n2Cc2cnco2)c(C2CC2)c1. The summed E-state index contributed by atoms with van der Waals surface area (Å²) in [7, 11) is 1.65. The number of nitrogens with zero attached hydrogens (tertiary/aromatic N) is 3. The normalized spacial score (nSPS) is 13.8. The van der Waals surface area contributed by atoms with Crippen molar-refractivity contribution in [3.63, 3.8) is 0 Å². The highest BCUT2D eigenvalue weighted by molar-refractivity contribution is 9.10. The van der Waals surface area contributed by atoms with Gasteiger partial charge >= 0.3 is 0 Å². The lowest BCUT2D eigenvalue weighted by Crippen LogP contribution is -2.24. The van der Waals surface area contributed by atoms with Gasteiger partial charge in [-0.25, -0.2) is 9.97 Å². The molecule has 0 amide bonds. The van der Waals surface area contributed by atoms with E-state index in [0.29, 0.717) is 32.2 Å². The van der Waals surface area contributed by atoms with E-state index in [4.69, 9.17) is 14.1 Å². The first-order chi connectivity index (χ1) is 16.0. The van der Waals surface area contributed by atoms with Crippen LogP contribution in [-0.2, 0) is 6.54 Å². The number of aromatic nitrogens is 3. The number of thiophene rings is 1. The molecule has 5 aromatic rings. The highest BCUT2D eigenvalue weighted by Gasteiger charge is 2.29. The number of rotatable bonds is 5. The lowest BCUT2D eigenvalue weighted by molar-refractivity contribution is 0.414. The maximum Gasteiger partial charge on any atom is 0.263 e. The van der Waals surface area contributed by atoms with Crippen LogP contribution < -0.4 is 10.3 Å². The van der Waals surface area contributed by atoms with Crippen molar-refractivity contribution in [1.29, 1.82) is 0 Å². The van der Waals surface area contributed by atoms with E-state index in [1.54, 1.807) is 30.0 Å². The zero-order chi connectivity index (χ0) is 22.7. The second kappa shape index (κ2) is 7.71. The van der Waals surface area contributed by atoms with E-state index in [0.717, 1.165) is 39.8 Å². The number of ether oxygens (including phenoxy) is 1. The molecule has 7 nitrogen and oxygen atoms in total. The second-order valence-corrected chi connectivity index (χ2v) is 9.87. The van der Waals surface area contributed by atoms with Crippen molar-refractivity contribution in [2.45, 2.75) is 25.3 Å². The van der Waals surface area contributed by atoms with Gasteiger partial charge in [-0.05, 0) is 70.6 Å². The molecule has 0 radical (unpaired) electrons. The van der Waals surface area contributed by atoms with E-state index >= 15 is 0 Å². The fraction of sp³-hybridized carbons (Fsp3) is 0.208. The van der Waals surface area contributed by atoms with Crippen LogP contribution in [0.25, 0.3) is 31.7 Å². The Balaban J connectivity index is 1.68. The van der Waals surface area contributed by atoms with Gasteiger partial charge in [-0.2, -0.15) is 0 Å². The molecular formula is C24H18BrN3O4S. The number of benzene rings is 2. The van der Waals surface area contributed by atoms with Crippen LogP contribution in [0.3, 0.4) is 0 Å². The van der Waals surface area contributed by atoms with Crippen molar-refractivity contribution in [2.75, 3.05) is 7.11 Å². The predicted octanol–water partition coefficient (Wildman–Crippen LogP) is 5.67. The summed E-state index contributed by atoms with van der Waals surface area (Å²) in [5.41, 5.74) is 1.89. The van der Waals surface area contributed by atoms with E-state index in [2.05, 4.69) is 20.9 Å². The van der Waals surface area contributed by atoms with Crippen molar-refractivity contribution in [3.05, 3.63) is 69.1 Å². The zero-order valence-corrected chi connectivity index (χ0v) is 19.9. The Labute approximate surface area is 200 Å². The molecule has 166 valence electrons. The van der Waals surface area contributed by atoms with E-state index in [-0.39, 0.29) is 17.9 Å². The lowest BCUT2D eigenvalue weighted by Gasteiger charge is -2.15. The average Bonchev–Trinajstić information content (AvgIpc) is 3.41. The fourth-order valence-corrected chi connectivity index (χ4v) is 5.90. The van der Waals surface area contributed by atoms with Gasteiger partial charge in [0.2, 0.25) is 0 Å². The van der Waals surface area contributed by atoms with Gasteiger partial charge in [0, 0.05) is 10.9 Å². The number of phenols is 1. The van der Waals surface area contributed by atoms with Crippen LogP contribution in [0, 0.1) is 0 Å². The Bertz CT molecular complexity index is 1590. The van der Waals surface area contributed by atoms with Crippen molar-refractivity contribution in [1.82, 2.24) is 14.5 Å². The summed E-state index contributed by atoms with van der Waals surface area (Å²) in [6, 6.07) is 9.27. The molecule has 1 aliphatic carbocycles. The Kier molecular flexibility index (Phi) is 4.77. The smallest absolute Gasteiger partial charge is 0.263 e. The van der Waals surface area contributed by atoms with E-state index in [9.17, 15) is 9.90 Å². The van der Waals surface area contributed by atoms with E-state index < -0.39 is 0 Å². The molecule has 1 aliphatic rings. The molecule has 2 aromatic carbocycles. The summed E-state index contributed by atoms with van der Waals surface area (Å²) in [4.78, 5) is 23.5. The number of phenolic OH excluding ortho intramolecular Hbond substituents is 1. The van der Waals surface area contributed by atoms with Crippen molar-refractivity contribution in [2.24, 2.45) is 0 Å². The van der Waals surface area contributed by atoms with Gasteiger partial charge in [0.05, 0.1) is 34.4 Å². The maximum absolute atomic E-state index is 13.9. The minimum Gasteiger partial charge on any atom is -0.507 e. The van der Waals surface area contributed by atoms with Crippen LogP contribution in [0.4, 0.5) is 0 Å². The van der Waals surface area contributed by atoms with Gasteiger partial charge in [0.25, 0.3) is 5.56 Å². The van der Waals surface area contributed by atoms with Crippen LogP contribution in [0.15, 0.2) is 56.6 Å². The topological polar surface area (TPSA) is 90.4 Å². The Morgan fingerprint density at radius 2 is 2.15 bits per heavy atom. The van der Waals surface area contributed by atoms with Gasteiger partial charge in [-0.15, -0.1) is 11.3 Å². The van der Waals surface area contributed by atoms with Gasteiger partial charge in [0.15, 0.2) is 6.39 Å². The van der Waals surface area contributed by atoms with Crippen LogP contribution in [0.5, 0.6) is 11.5 Å². The van der Waals surface area contributed by atoms with E-state index in [1.807, 2.05) is 18.2 Å². The highest BCUT2D eigenvalue weighted by Crippen LogP contribution is 2.46. The average molecular weight is 524 g/mol. The molecule has 33 heavy (non-hydrogen) atoms. The van der Waals surface area contributed by atoms with Crippen molar-refractivity contribution in [3.8, 4) is 22.9 Å². The first kappa shape index (κ1) is 20.4. The fourth-order valence-electron chi connectivity index (χ4n) is 4.21. The third kappa shape index (κ3) is 3.34. The Morgan fingerprint density at radius 3 is 2.88 bits per heavy atom. The molecule has 0 spiro atoms. The molecule has 0 bridgehead atoms. The molecule has 1 N–H and O–H groups in total. The molecular weight excluding hydrogens is 506 g/mol. The summed E-state index contributed by atoms with van der Waals surface area (Å²) in [5, 5.41) is 11.4. The third-order valence-electron chi connectivity index (χ3n) is 6.00. The van der Waals surface area contributed by atoms with E-state index in [1.165, 1.54) is 17.7 Å². The molecule has 9 heteroatoms. The van der Waals surface area contributed by atoms with Gasteiger partial charge < -0.3 is 14.3 Å². The molecule has 0 saturated heterocycles. The first-order valence-corrected chi connectivity index (χ1v) is 12.1. The minimum absolute atomic E-state index is 0.127. The van der Waals surface area contributed by atoms with Crippen LogP contribution in [-0.4, -0.2) is 26.8 Å². The van der Waals surface area contributed by atoms with Crippen LogP contribution in [0.1, 0.15) is 30.1 Å². The largest absolute Gasteiger partial charge is 0.507 e. The van der Waals surface area contributed by atoms with Crippen molar-refractivity contribution >= 4 is 47.6 Å². The highest BCUT2D eigenvalue weighted by atomic mass is 79.9. The van der Waals surface area contributed by atoms with Gasteiger partial charge in [-0.1, -0.05) is 0 Å². The molecule has 6 rings (SSSR count). The number of methoxy groups -OCH3 is 1. The quantitative estimate of drug-likeness (QED) is 0.319. The van der Waals surface area contributed by atoms with Crippen LogP contribution >= 0.6 is 27.3 Å². The summed E-state index contributed by atoms with van der Waals surface area (Å²) in [5.74, 6) is 2.49. The summed E-state index contributed by atoms with van der Waals surface area (Å²) in [6.07, 6.45) is 5.17. The lowest BCUT2D eigenvalue weighted by atomic mass is 10.0. The predicted molar refractivity (Wildman–Crippen MR) is 130 cm³/mol. The van der Waals surface area contributed by atoms with Gasteiger partial charge in [0.1, 0.15) is 27.9 Å². The molecule has 1 fully saturated rings. The number of fused-ring (bicyclic) bond motifs is 3. The molecule has 3 heterocycles. The summed E-state index contributed by atoms with van der Waals surface area (Å²) >= 11 is 4.84. The van der Waals surface area contributed by atoms with Gasteiger partial charge in [-0.3, -0.25) is 9.36 Å². The molecule has 1 saturated carbocycles. The molecule has 0 aliphatic heterocycles. The Hall–Kier alpha value is -3.17. The summed E-state index contributed by atoms with van der Waals surface area (Å²) < 4.78 is 13.9. The standard InChI is InChI=1S/C24H18BrN3O4S/c1-31-13-4-5-15(17(8-13)12-2-3-12)22-27-23-19(16-6-7-18(29)20(25)21(16)33-23)24(30)28(22)10-14-9-26-11-32-14/h4-9,11-12,29H,2-3,10H2,1H3. The number of hydrogen-bond donors (Lipinski definition) is 1. The number of aromatic hydroxyl groups is 1. The Morgan fingerprint density at radius 1 is 1.30 bits per heavy atom. The third-order valence-corrected chi connectivity index (χ3v) is 8.18. The number of hydrogen-bond acceptors (Lipinski definition) is 7. The molecule has 0 unspecified atom stereocenters. The monoisotopic (exact) mass is 523 g/mol. The number of halogens is 1. The first-order valence-electron chi connectivity index (χ1n) is 10.5. The molecule has 3 aromatic heterocycles. The molecule has 0 atom stereocenters. The number of oxazole rings is 1. The van der Waals surface area contributed by atoms with Crippen LogP contribution in [0.2, 0.25) is 0 Å². The van der Waals surface area contributed by atoms with Crippen molar-refractivity contribution < 1.29 is 14.3 Å². The minimum atomic E-state index is -0.159. The summed E-state index contributed by atoms with van der Waals surface area (Å²) in [6.45, 7) is 0.212. The maximum atomic E-state index is 13.9. The second-order valence-electron chi connectivity index (χ2n) is 8.08.